The van der Waals surface area contributed by atoms with Crippen LogP contribution in [0.15, 0.2) is 0 Å². The van der Waals surface area contributed by atoms with Crippen LogP contribution in [-0.2, 0) is 0 Å². The second kappa shape index (κ2) is 5.99. The van der Waals surface area contributed by atoms with Gasteiger partial charge < -0.3 is 10.4 Å². The van der Waals surface area contributed by atoms with Crippen LogP contribution in [0.3, 0.4) is 0 Å². The minimum atomic E-state index is 0.242. The number of rotatable bonds is 5. The van der Waals surface area contributed by atoms with E-state index in [9.17, 15) is 0 Å². The van der Waals surface area contributed by atoms with E-state index >= 15 is 0 Å². The highest BCUT2D eigenvalue weighted by Crippen LogP contribution is 2.20. The first-order valence-corrected chi connectivity index (χ1v) is 6.51. The lowest BCUT2D eigenvalue weighted by Gasteiger charge is -2.33. The molecule has 0 aliphatic carbocycles. The molecule has 0 saturated heterocycles. The lowest BCUT2D eigenvalue weighted by molar-refractivity contribution is 0.235. The monoisotopic (exact) mass is 219 g/mol. The molecule has 0 aliphatic heterocycles. The van der Waals surface area contributed by atoms with E-state index in [-0.39, 0.29) is 12.0 Å². The van der Waals surface area contributed by atoms with Gasteiger partial charge in [0.2, 0.25) is 0 Å². The van der Waals surface area contributed by atoms with Gasteiger partial charge in [0.15, 0.2) is 0 Å². The number of thioether (sulfide) groups is 1. The second-order valence-corrected chi connectivity index (χ2v) is 6.08. The van der Waals surface area contributed by atoms with Gasteiger partial charge in [-0.15, -0.1) is 0 Å². The van der Waals surface area contributed by atoms with Crippen LogP contribution in [0.5, 0.6) is 0 Å². The van der Waals surface area contributed by atoms with Gasteiger partial charge in [-0.25, -0.2) is 0 Å². The number of hydrogen-bond donors (Lipinski definition) is 2. The first kappa shape index (κ1) is 14.3. The van der Waals surface area contributed by atoms with E-state index in [1.54, 1.807) is 11.8 Å². The van der Waals surface area contributed by atoms with E-state index in [2.05, 4.69) is 39.9 Å². The third-order valence-electron chi connectivity index (χ3n) is 2.85. The fraction of sp³-hybridized carbons (Fsp3) is 1.00. The van der Waals surface area contributed by atoms with Gasteiger partial charge in [-0.2, -0.15) is 11.8 Å². The van der Waals surface area contributed by atoms with Crippen molar-refractivity contribution in [3.05, 3.63) is 0 Å². The molecule has 0 aromatic rings. The van der Waals surface area contributed by atoms with E-state index in [0.717, 1.165) is 0 Å². The molecule has 3 heteroatoms. The van der Waals surface area contributed by atoms with E-state index in [1.807, 2.05) is 6.26 Å². The summed E-state index contributed by atoms with van der Waals surface area (Å²) in [5, 5.41) is 13.0. The predicted octanol–water partition coefficient (Wildman–Crippen LogP) is 2.12. The maximum atomic E-state index is 9.15. The van der Waals surface area contributed by atoms with Gasteiger partial charge in [0, 0.05) is 17.3 Å². The minimum Gasteiger partial charge on any atom is -0.395 e. The van der Waals surface area contributed by atoms with E-state index < -0.39 is 0 Å². The largest absolute Gasteiger partial charge is 0.395 e. The normalized spacial score (nSPS) is 19.1. The van der Waals surface area contributed by atoms with Gasteiger partial charge in [0.05, 0.1) is 6.61 Å². The van der Waals surface area contributed by atoms with Gasteiger partial charge in [0.1, 0.15) is 0 Å². The molecule has 3 atom stereocenters. The molecular weight excluding hydrogens is 194 g/mol. The third kappa shape index (κ3) is 4.67. The SMILES string of the molecule is CSC(CO)C(C)NC(C)C(C)(C)C. The molecule has 0 rings (SSSR count). The Balaban J connectivity index is 4.10. The summed E-state index contributed by atoms with van der Waals surface area (Å²) in [7, 11) is 0. The Labute approximate surface area is 92.9 Å². The zero-order valence-electron chi connectivity index (χ0n) is 10.3. The van der Waals surface area contributed by atoms with Gasteiger partial charge in [-0.05, 0) is 25.5 Å². The summed E-state index contributed by atoms with van der Waals surface area (Å²) in [4.78, 5) is 0. The zero-order chi connectivity index (χ0) is 11.4. The summed E-state index contributed by atoms with van der Waals surface area (Å²) in [5.74, 6) is 0. The Kier molecular flexibility index (Phi) is 6.10. The molecular formula is C11H25NOS. The van der Waals surface area contributed by atoms with Crippen LogP contribution in [0, 0.1) is 5.41 Å². The van der Waals surface area contributed by atoms with Crippen LogP contribution in [0.2, 0.25) is 0 Å². The summed E-state index contributed by atoms with van der Waals surface area (Å²) >= 11 is 1.72. The van der Waals surface area contributed by atoms with Gasteiger partial charge in [-0.1, -0.05) is 20.8 Å². The molecule has 0 amide bonds. The van der Waals surface area contributed by atoms with Crippen molar-refractivity contribution in [1.29, 1.82) is 0 Å². The van der Waals surface area contributed by atoms with E-state index in [0.29, 0.717) is 17.3 Å². The third-order valence-corrected chi connectivity index (χ3v) is 4.02. The highest BCUT2D eigenvalue weighted by atomic mass is 32.2. The molecule has 0 radical (unpaired) electrons. The van der Waals surface area contributed by atoms with Crippen molar-refractivity contribution < 1.29 is 5.11 Å². The predicted molar refractivity (Wildman–Crippen MR) is 65.9 cm³/mol. The molecule has 0 aromatic carbocycles. The number of nitrogens with one attached hydrogen (secondary N) is 1. The summed E-state index contributed by atoms with van der Waals surface area (Å²) in [5.41, 5.74) is 0.271. The van der Waals surface area contributed by atoms with Crippen molar-refractivity contribution in [2.24, 2.45) is 5.41 Å². The van der Waals surface area contributed by atoms with Crippen molar-refractivity contribution >= 4 is 11.8 Å². The highest BCUT2D eigenvalue weighted by Gasteiger charge is 2.24. The molecule has 0 spiro atoms. The average Bonchev–Trinajstić information content (AvgIpc) is 2.04. The van der Waals surface area contributed by atoms with E-state index in [1.165, 1.54) is 0 Å². The topological polar surface area (TPSA) is 32.3 Å². The average molecular weight is 219 g/mol. The van der Waals surface area contributed by atoms with Gasteiger partial charge in [0.25, 0.3) is 0 Å². The Morgan fingerprint density at radius 1 is 1.29 bits per heavy atom. The smallest absolute Gasteiger partial charge is 0.0564 e. The van der Waals surface area contributed by atoms with E-state index in [4.69, 9.17) is 5.11 Å². The number of aliphatic hydroxyl groups is 1. The molecule has 86 valence electrons. The Hall–Kier alpha value is 0.270. The molecule has 2 nitrogen and oxygen atoms in total. The Morgan fingerprint density at radius 3 is 2.07 bits per heavy atom. The maximum Gasteiger partial charge on any atom is 0.0564 e. The van der Waals surface area contributed by atoms with Crippen molar-refractivity contribution in [2.45, 2.75) is 52.0 Å². The van der Waals surface area contributed by atoms with Crippen molar-refractivity contribution in [2.75, 3.05) is 12.9 Å². The highest BCUT2D eigenvalue weighted by molar-refractivity contribution is 7.99. The summed E-state index contributed by atoms with van der Waals surface area (Å²) in [6.07, 6.45) is 2.04. The molecule has 0 saturated carbocycles. The van der Waals surface area contributed by atoms with Crippen LogP contribution in [0.25, 0.3) is 0 Å². The summed E-state index contributed by atoms with van der Waals surface area (Å²) in [6.45, 7) is 11.3. The minimum absolute atomic E-state index is 0.242. The molecule has 0 aromatic heterocycles. The maximum absolute atomic E-state index is 9.15. The number of hydrogen-bond acceptors (Lipinski definition) is 3. The quantitative estimate of drug-likeness (QED) is 0.743. The molecule has 0 heterocycles. The molecule has 3 unspecified atom stereocenters. The lowest BCUT2D eigenvalue weighted by Crippen LogP contribution is -2.47. The standard InChI is InChI=1S/C11H25NOS/c1-8(10(7-13)14-6)12-9(2)11(3,4)5/h8-10,12-13H,7H2,1-6H3. The molecule has 0 bridgehead atoms. The first-order chi connectivity index (χ1) is 6.32. The molecule has 2 N–H and O–H groups in total. The van der Waals surface area contributed by atoms with Crippen molar-refractivity contribution in [3.8, 4) is 0 Å². The summed E-state index contributed by atoms with van der Waals surface area (Å²) in [6, 6.07) is 0.808. The van der Waals surface area contributed by atoms with Crippen LogP contribution < -0.4 is 5.32 Å². The van der Waals surface area contributed by atoms with Crippen molar-refractivity contribution in [3.63, 3.8) is 0 Å². The Morgan fingerprint density at radius 2 is 1.79 bits per heavy atom. The van der Waals surface area contributed by atoms with Crippen LogP contribution in [-0.4, -0.2) is 35.3 Å². The fourth-order valence-electron chi connectivity index (χ4n) is 1.19. The zero-order valence-corrected chi connectivity index (χ0v) is 11.1. The van der Waals surface area contributed by atoms with Crippen molar-refractivity contribution in [1.82, 2.24) is 5.32 Å². The lowest BCUT2D eigenvalue weighted by atomic mass is 9.87. The van der Waals surface area contributed by atoms with Crippen LogP contribution in [0.4, 0.5) is 0 Å². The first-order valence-electron chi connectivity index (χ1n) is 5.22. The van der Waals surface area contributed by atoms with Crippen LogP contribution in [0.1, 0.15) is 34.6 Å². The van der Waals surface area contributed by atoms with Gasteiger partial charge in [-0.3, -0.25) is 0 Å². The molecule has 14 heavy (non-hydrogen) atoms. The van der Waals surface area contributed by atoms with Crippen LogP contribution >= 0.6 is 11.8 Å². The molecule has 0 aliphatic rings. The Bertz CT molecular complexity index is 152. The second-order valence-electron chi connectivity index (χ2n) is 5.00. The summed E-state index contributed by atoms with van der Waals surface area (Å²) < 4.78 is 0. The van der Waals surface area contributed by atoms with Gasteiger partial charge >= 0.3 is 0 Å². The molecule has 0 fully saturated rings. The fourth-order valence-corrected chi connectivity index (χ4v) is 1.82. The number of aliphatic hydroxyl groups excluding tert-OH is 1.